The minimum Gasteiger partial charge on any atom is -0.275 e. The summed E-state index contributed by atoms with van der Waals surface area (Å²) in [6.07, 6.45) is -0.876. The molecule has 37 heavy (non-hydrogen) atoms. The number of hydrogen-bond donors (Lipinski definition) is 0. The summed E-state index contributed by atoms with van der Waals surface area (Å²) in [6, 6.07) is 37.5. The Morgan fingerprint density at radius 3 is 1.86 bits per heavy atom. The predicted octanol–water partition coefficient (Wildman–Crippen LogP) is 6.04. The molecule has 0 bridgehead atoms. The molecule has 2 heterocycles. The predicted molar refractivity (Wildman–Crippen MR) is 143 cm³/mol. The highest BCUT2D eigenvalue weighted by molar-refractivity contribution is 6.09. The lowest BCUT2D eigenvalue weighted by atomic mass is 9.84. The number of hydroxylamine groups is 1. The third kappa shape index (κ3) is 3.43. The Balaban J connectivity index is 1.43. The maximum absolute atomic E-state index is 14.0. The number of anilines is 1. The second-order valence-corrected chi connectivity index (χ2v) is 9.64. The Labute approximate surface area is 214 Å². The van der Waals surface area contributed by atoms with Crippen molar-refractivity contribution in [2.24, 2.45) is 5.92 Å². The molecule has 3 atom stereocenters. The van der Waals surface area contributed by atoms with Crippen LogP contribution < -0.4 is 5.06 Å². The van der Waals surface area contributed by atoms with Gasteiger partial charge in [0.15, 0.2) is 6.10 Å². The number of nitrogens with zero attached hydrogens (tertiary/aromatic N) is 2. The van der Waals surface area contributed by atoms with Gasteiger partial charge in [0.1, 0.15) is 5.92 Å². The van der Waals surface area contributed by atoms with Gasteiger partial charge >= 0.3 is 0 Å². The maximum Gasteiger partial charge on any atom is 0.262 e. The fraction of sp³-hybridized carbons (Fsp3) is 0.125. The third-order valence-electron chi connectivity index (χ3n) is 7.51. The van der Waals surface area contributed by atoms with Crippen LogP contribution in [0.4, 0.5) is 5.69 Å². The van der Waals surface area contributed by atoms with E-state index < -0.39 is 18.1 Å². The summed E-state index contributed by atoms with van der Waals surface area (Å²) in [5, 5.41) is 6.08. The Bertz CT molecular complexity index is 1600. The summed E-state index contributed by atoms with van der Waals surface area (Å²) >= 11 is 0. The highest BCUT2D eigenvalue weighted by atomic mass is 16.7. The van der Waals surface area contributed by atoms with Crippen LogP contribution >= 0.6 is 0 Å². The molecule has 5 nitrogen and oxygen atoms in total. The molecule has 0 saturated carbocycles. The number of carbonyl (C=O) groups is 2. The number of carbonyl (C=O) groups excluding carboxylic acids is 2. The molecule has 2 amide bonds. The van der Waals surface area contributed by atoms with Gasteiger partial charge in [-0.3, -0.25) is 19.3 Å². The Morgan fingerprint density at radius 2 is 1.22 bits per heavy atom. The third-order valence-corrected chi connectivity index (χ3v) is 7.51. The molecule has 5 aromatic rings. The molecular formula is C32H24N2O3. The van der Waals surface area contributed by atoms with E-state index in [0.29, 0.717) is 0 Å². The Kier molecular flexibility index (Phi) is 5.05. The number of imide groups is 1. The van der Waals surface area contributed by atoms with Gasteiger partial charge < -0.3 is 0 Å². The minimum atomic E-state index is -0.876. The van der Waals surface area contributed by atoms with Gasteiger partial charge in [0.2, 0.25) is 5.91 Å². The molecule has 5 heteroatoms. The van der Waals surface area contributed by atoms with Crippen molar-refractivity contribution in [2.75, 3.05) is 5.06 Å². The van der Waals surface area contributed by atoms with Crippen LogP contribution in [0.25, 0.3) is 21.5 Å². The summed E-state index contributed by atoms with van der Waals surface area (Å²) in [5.41, 5.74) is 2.73. The second kappa shape index (κ2) is 8.57. The molecule has 3 unspecified atom stereocenters. The van der Waals surface area contributed by atoms with E-state index in [1.54, 1.807) is 5.06 Å². The second-order valence-electron chi connectivity index (χ2n) is 9.64. The van der Waals surface area contributed by atoms with Gasteiger partial charge in [-0.25, -0.2) is 5.06 Å². The Hall–Kier alpha value is -4.48. The van der Waals surface area contributed by atoms with Gasteiger partial charge in [-0.15, -0.1) is 0 Å². The van der Waals surface area contributed by atoms with Crippen molar-refractivity contribution in [1.82, 2.24) is 4.90 Å². The van der Waals surface area contributed by atoms with E-state index in [9.17, 15) is 9.59 Å². The molecule has 0 N–H and O–H groups in total. The Morgan fingerprint density at radius 1 is 0.649 bits per heavy atom. The molecule has 2 aliphatic rings. The zero-order chi connectivity index (χ0) is 24.9. The fourth-order valence-corrected chi connectivity index (χ4v) is 5.85. The average Bonchev–Trinajstić information content (AvgIpc) is 3.44. The van der Waals surface area contributed by atoms with Crippen molar-refractivity contribution in [2.45, 2.75) is 18.7 Å². The van der Waals surface area contributed by atoms with Crippen molar-refractivity contribution < 1.29 is 14.4 Å². The molecule has 0 radical (unpaired) electrons. The van der Waals surface area contributed by atoms with Crippen molar-refractivity contribution in [3.8, 4) is 0 Å². The molecule has 5 aromatic carbocycles. The molecule has 0 spiro atoms. The van der Waals surface area contributed by atoms with Gasteiger partial charge in [0.25, 0.3) is 5.91 Å². The van der Waals surface area contributed by atoms with E-state index >= 15 is 0 Å². The molecule has 7 rings (SSSR count). The van der Waals surface area contributed by atoms with Gasteiger partial charge in [0, 0.05) is 0 Å². The van der Waals surface area contributed by atoms with Crippen LogP contribution in [-0.4, -0.2) is 22.8 Å². The lowest BCUT2D eigenvalue weighted by Crippen LogP contribution is -2.37. The van der Waals surface area contributed by atoms with Crippen LogP contribution in [0.15, 0.2) is 115 Å². The van der Waals surface area contributed by atoms with Crippen LogP contribution in [0.2, 0.25) is 0 Å². The summed E-state index contributed by atoms with van der Waals surface area (Å²) in [6.45, 7) is 0.239. The molecule has 2 aliphatic heterocycles. The lowest BCUT2D eigenvalue weighted by molar-refractivity contribution is -0.143. The van der Waals surface area contributed by atoms with E-state index in [4.69, 9.17) is 4.84 Å². The van der Waals surface area contributed by atoms with E-state index in [-0.39, 0.29) is 18.4 Å². The summed E-state index contributed by atoms with van der Waals surface area (Å²) in [7, 11) is 0. The first-order valence-corrected chi connectivity index (χ1v) is 12.5. The zero-order valence-corrected chi connectivity index (χ0v) is 20.0. The molecular weight excluding hydrogens is 460 g/mol. The molecule has 0 aromatic heterocycles. The number of benzene rings is 5. The monoisotopic (exact) mass is 484 g/mol. The van der Waals surface area contributed by atoms with E-state index in [1.807, 2.05) is 84.9 Å². The highest BCUT2D eigenvalue weighted by Crippen LogP contribution is 2.50. The number of hydrogen-bond acceptors (Lipinski definition) is 4. The first kappa shape index (κ1) is 21.8. The van der Waals surface area contributed by atoms with Crippen molar-refractivity contribution >= 4 is 39.0 Å². The number of likely N-dealkylation sites (tertiary alicyclic amines) is 1. The summed E-state index contributed by atoms with van der Waals surface area (Å²) in [5.74, 6) is -1.14. The summed E-state index contributed by atoms with van der Waals surface area (Å²) < 4.78 is 0. The SMILES string of the molecule is O=C1C2ON(c3ccccc3)C(c3c4ccccc4cc4ccccc34)C2C(=O)N1Cc1ccccc1. The molecule has 0 aliphatic carbocycles. The number of fused-ring (bicyclic) bond motifs is 3. The summed E-state index contributed by atoms with van der Waals surface area (Å²) in [4.78, 5) is 35.4. The normalized spacial score (nSPS) is 21.2. The minimum absolute atomic E-state index is 0.195. The van der Waals surface area contributed by atoms with E-state index in [2.05, 4.69) is 30.3 Å². The number of rotatable bonds is 4. The largest absolute Gasteiger partial charge is 0.275 e. The van der Waals surface area contributed by atoms with Crippen molar-refractivity contribution in [3.05, 3.63) is 126 Å². The van der Waals surface area contributed by atoms with Crippen LogP contribution in [0, 0.1) is 5.92 Å². The quantitative estimate of drug-likeness (QED) is 0.231. The zero-order valence-electron chi connectivity index (χ0n) is 20.0. The molecule has 2 fully saturated rings. The van der Waals surface area contributed by atoms with Gasteiger partial charge in [-0.1, -0.05) is 97.1 Å². The number of amides is 2. The fourth-order valence-electron chi connectivity index (χ4n) is 5.85. The smallest absolute Gasteiger partial charge is 0.262 e. The molecule has 180 valence electrons. The number of para-hydroxylation sites is 1. The first-order valence-electron chi connectivity index (χ1n) is 12.5. The van der Waals surface area contributed by atoms with Crippen molar-refractivity contribution in [3.63, 3.8) is 0 Å². The standard InChI is InChI=1S/C32H24N2O3/c35-31-28-29(27-25-17-9-7-13-22(25)19-23-14-8-10-18-26(23)27)34(24-15-5-2-6-16-24)37-30(28)32(36)33(31)20-21-11-3-1-4-12-21/h1-19,28-30H,20H2. The van der Waals surface area contributed by atoms with E-state index in [0.717, 1.165) is 38.4 Å². The first-order chi connectivity index (χ1) is 18.2. The van der Waals surface area contributed by atoms with E-state index in [1.165, 1.54) is 4.90 Å². The maximum atomic E-state index is 14.0. The van der Waals surface area contributed by atoms with Crippen LogP contribution in [0.5, 0.6) is 0 Å². The van der Waals surface area contributed by atoms with Crippen LogP contribution in [0.1, 0.15) is 17.2 Å². The average molecular weight is 485 g/mol. The van der Waals surface area contributed by atoms with Crippen molar-refractivity contribution in [1.29, 1.82) is 0 Å². The van der Waals surface area contributed by atoms with Crippen LogP contribution in [-0.2, 0) is 21.0 Å². The van der Waals surface area contributed by atoms with Gasteiger partial charge in [0.05, 0.1) is 18.3 Å². The van der Waals surface area contributed by atoms with Crippen LogP contribution in [0.3, 0.4) is 0 Å². The van der Waals surface area contributed by atoms with Gasteiger partial charge in [-0.05, 0) is 50.9 Å². The lowest BCUT2D eigenvalue weighted by Gasteiger charge is -2.30. The topological polar surface area (TPSA) is 49.9 Å². The van der Waals surface area contributed by atoms with Gasteiger partial charge in [-0.2, -0.15) is 0 Å². The highest BCUT2D eigenvalue weighted by Gasteiger charge is 2.60. The molecule has 2 saturated heterocycles.